The molecule has 1 aromatic heterocycles. The number of benzene rings is 2. The summed E-state index contributed by atoms with van der Waals surface area (Å²) >= 11 is 6.55. The topological polar surface area (TPSA) is 240 Å². The van der Waals surface area contributed by atoms with Crippen molar-refractivity contribution in [2.24, 2.45) is 0 Å². The summed E-state index contributed by atoms with van der Waals surface area (Å²) in [6, 6.07) is 7.43. The first-order chi connectivity index (χ1) is 25.9. The first-order valence-corrected chi connectivity index (χ1v) is 17.0. The maximum Gasteiger partial charge on any atom is 0.328 e. The van der Waals surface area contributed by atoms with Crippen molar-refractivity contribution in [3.8, 4) is 23.0 Å². The highest BCUT2D eigenvalue weighted by atomic mass is 35.5. The smallest absolute Gasteiger partial charge is 0.328 e. The zero-order valence-corrected chi connectivity index (χ0v) is 29.9. The van der Waals surface area contributed by atoms with E-state index >= 15 is 0 Å². The highest BCUT2D eigenvalue weighted by Crippen LogP contribution is 2.46. The summed E-state index contributed by atoms with van der Waals surface area (Å²) in [5.41, 5.74) is 1.30. The summed E-state index contributed by atoms with van der Waals surface area (Å²) in [6.45, 7) is 7.22. The normalized spacial score (nSPS) is 15.9. The third-order valence-electron chi connectivity index (χ3n) is 7.88. The number of hydrogen-bond acceptors (Lipinski definition) is 14. The van der Waals surface area contributed by atoms with Crippen LogP contribution >= 0.6 is 11.6 Å². The zero-order chi connectivity index (χ0) is 39.0. The summed E-state index contributed by atoms with van der Waals surface area (Å²) < 4.78 is 29.5. The number of ether oxygens (including phenoxy) is 5. The second-order valence-electron chi connectivity index (χ2n) is 11.8. The molecule has 0 radical (unpaired) electrons. The number of anilines is 2. The van der Waals surface area contributed by atoms with E-state index in [1.54, 1.807) is 12.1 Å². The Hall–Kier alpha value is -5.69. The maximum absolute atomic E-state index is 9.55. The molecule has 3 aromatic rings. The van der Waals surface area contributed by atoms with Crippen LogP contribution < -0.4 is 24.3 Å². The number of piperazine rings is 1. The van der Waals surface area contributed by atoms with Crippen molar-refractivity contribution in [2.75, 3.05) is 71.7 Å². The Bertz CT molecular complexity index is 1780. The molecular weight excluding hydrogens is 734 g/mol. The van der Waals surface area contributed by atoms with Crippen LogP contribution in [0.2, 0.25) is 5.02 Å². The molecule has 0 saturated carbocycles. The van der Waals surface area contributed by atoms with Gasteiger partial charge in [0, 0.05) is 82.0 Å². The first-order valence-electron chi connectivity index (χ1n) is 16.6. The van der Waals surface area contributed by atoms with E-state index in [0.717, 1.165) is 51.0 Å². The molecule has 5 N–H and O–H groups in total. The Balaban J connectivity index is 0.000000341. The van der Waals surface area contributed by atoms with Gasteiger partial charge in [0.05, 0.1) is 29.1 Å². The molecule has 0 spiro atoms. The lowest BCUT2D eigenvalue weighted by atomic mass is 10.1. The lowest BCUT2D eigenvalue weighted by Gasteiger charge is -2.32. The molecule has 0 amide bonds. The number of carboxylic acids is 4. The minimum absolute atomic E-state index is 0.0295. The Labute approximate surface area is 314 Å². The molecule has 18 nitrogen and oxygen atoms in total. The molecule has 0 atom stereocenters. The van der Waals surface area contributed by atoms with Gasteiger partial charge in [-0.2, -0.15) is 0 Å². The number of halogens is 1. The Morgan fingerprint density at radius 3 is 2.15 bits per heavy atom. The second kappa shape index (κ2) is 20.5. The minimum atomic E-state index is -1.26. The fourth-order valence-electron chi connectivity index (χ4n) is 5.21. The molecular formula is C35H40ClN5O13. The van der Waals surface area contributed by atoms with E-state index in [2.05, 4.69) is 32.1 Å². The van der Waals surface area contributed by atoms with E-state index in [1.165, 1.54) is 6.33 Å². The van der Waals surface area contributed by atoms with Crippen molar-refractivity contribution in [1.82, 2.24) is 19.8 Å². The predicted octanol–water partition coefficient (Wildman–Crippen LogP) is 3.36. The van der Waals surface area contributed by atoms with E-state index in [4.69, 9.17) is 55.7 Å². The molecule has 6 rings (SSSR count). The van der Waals surface area contributed by atoms with E-state index in [0.29, 0.717) is 89.2 Å². The standard InChI is InChI=1S/C27H32ClN5O5.2C4H4O4/c1-32-6-8-33(9-7-32)10-13-35-19-14-21-24(23(15-19)38-18-4-11-34-12-5-18)27(30-16-29-21)31-25-20(28)2-3-22-26(25)37-17-36-22;2*5-3(6)1-2-4(7)8/h2-3,14-16,18H,4-13,17H2,1H3,(H,29,30,31);2*1-2H,(H,5,6)(H,7,8). The summed E-state index contributed by atoms with van der Waals surface area (Å²) in [7, 11) is 2.16. The SMILES string of the molecule is CN1CCN(CCOc2cc(OC3CCOCC3)c3c(Nc4c(Cl)ccc5c4OCO5)ncnc3c2)CC1.O=C(O)C=CC(=O)O.O=C(O)C=CC(=O)O. The minimum Gasteiger partial charge on any atom is -0.492 e. The van der Waals surface area contributed by atoms with Crippen LogP contribution in [0.3, 0.4) is 0 Å². The summed E-state index contributed by atoms with van der Waals surface area (Å²) in [5.74, 6) is -1.90. The number of aliphatic carboxylic acids is 4. The van der Waals surface area contributed by atoms with Crippen LogP contribution in [0.15, 0.2) is 54.9 Å². The number of nitrogens with zero attached hydrogens (tertiary/aromatic N) is 4. The van der Waals surface area contributed by atoms with Gasteiger partial charge < -0.3 is 54.3 Å². The second-order valence-corrected chi connectivity index (χ2v) is 12.2. The number of likely N-dealkylation sites (N-methyl/N-ethyl adjacent to an activating group) is 1. The van der Waals surface area contributed by atoms with Crippen LogP contribution in [0, 0.1) is 0 Å². The van der Waals surface area contributed by atoms with E-state index in [-0.39, 0.29) is 12.9 Å². The third-order valence-corrected chi connectivity index (χ3v) is 8.19. The van der Waals surface area contributed by atoms with Gasteiger partial charge >= 0.3 is 23.9 Å². The van der Waals surface area contributed by atoms with Crippen molar-refractivity contribution >= 4 is 57.9 Å². The van der Waals surface area contributed by atoms with Crippen LogP contribution in [-0.4, -0.2) is 137 Å². The summed E-state index contributed by atoms with van der Waals surface area (Å²) in [4.78, 5) is 52.1. The number of hydrogen-bond donors (Lipinski definition) is 5. The Morgan fingerprint density at radius 2 is 1.54 bits per heavy atom. The summed E-state index contributed by atoms with van der Waals surface area (Å²) in [5, 5.41) is 35.9. The van der Waals surface area contributed by atoms with E-state index in [1.807, 2.05) is 12.1 Å². The van der Waals surface area contributed by atoms with Crippen LogP contribution in [0.4, 0.5) is 11.5 Å². The molecule has 290 valence electrons. The molecule has 19 heteroatoms. The maximum atomic E-state index is 9.55. The fraction of sp³-hybridized carbons (Fsp3) is 0.371. The van der Waals surface area contributed by atoms with Gasteiger partial charge in [-0.05, 0) is 19.2 Å². The van der Waals surface area contributed by atoms with E-state index in [9.17, 15) is 19.2 Å². The van der Waals surface area contributed by atoms with Crippen LogP contribution in [0.1, 0.15) is 12.8 Å². The van der Waals surface area contributed by atoms with Gasteiger partial charge in [0.25, 0.3) is 0 Å². The van der Waals surface area contributed by atoms with Crippen LogP contribution in [-0.2, 0) is 23.9 Å². The van der Waals surface area contributed by atoms with Gasteiger partial charge in [-0.1, -0.05) is 11.6 Å². The number of carboxylic acid groups (broad SMARTS) is 4. The lowest BCUT2D eigenvalue weighted by Crippen LogP contribution is -2.45. The first kappa shape index (κ1) is 41.1. The molecule has 3 aliphatic rings. The van der Waals surface area contributed by atoms with Gasteiger partial charge in [-0.3, -0.25) is 4.90 Å². The quantitative estimate of drug-likeness (QED) is 0.166. The predicted molar refractivity (Wildman–Crippen MR) is 193 cm³/mol. The van der Waals surface area contributed by atoms with Crippen molar-refractivity contribution in [3.63, 3.8) is 0 Å². The number of fused-ring (bicyclic) bond motifs is 2. The molecule has 2 fully saturated rings. The highest BCUT2D eigenvalue weighted by Gasteiger charge is 2.24. The molecule has 3 aliphatic heterocycles. The van der Waals surface area contributed by atoms with Gasteiger partial charge in [0.2, 0.25) is 6.79 Å². The van der Waals surface area contributed by atoms with Crippen molar-refractivity contribution in [1.29, 1.82) is 0 Å². The zero-order valence-electron chi connectivity index (χ0n) is 29.2. The van der Waals surface area contributed by atoms with Gasteiger partial charge in [0.15, 0.2) is 11.5 Å². The van der Waals surface area contributed by atoms with Gasteiger partial charge in [0.1, 0.15) is 42.0 Å². The van der Waals surface area contributed by atoms with Crippen molar-refractivity contribution in [2.45, 2.75) is 18.9 Å². The van der Waals surface area contributed by atoms with Crippen LogP contribution in [0.25, 0.3) is 10.9 Å². The van der Waals surface area contributed by atoms with Crippen molar-refractivity contribution in [3.05, 3.63) is 59.9 Å². The van der Waals surface area contributed by atoms with Gasteiger partial charge in [-0.15, -0.1) is 0 Å². The third kappa shape index (κ3) is 13.1. The Morgan fingerprint density at radius 1 is 0.907 bits per heavy atom. The number of carbonyl (C=O) groups is 4. The molecule has 4 heterocycles. The molecule has 2 saturated heterocycles. The molecule has 0 bridgehead atoms. The monoisotopic (exact) mass is 773 g/mol. The highest BCUT2D eigenvalue weighted by molar-refractivity contribution is 6.34. The number of aromatic nitrogens is 2. The number of nitrogens with one attached hydrogen (secondary N) is 1. The average Bonchev–Trinajstić information content (AvgIpc) is 3.62. The fourth-order valence-corrected chi connectivity index (χ4v) is 5.40. The van der Waals surface area contributed by atoms with Gasteiger partial charge in [-0.25, -0.2) is 29.1 Å². The summed E-state index contributed by atoms with van der Waals surface area (Å²) in [6.07, 6.45) is 5.41. The molecule has 0 unspecified atom stereocenters. The molecule has 0 aliphatic carbocycles. The van der Waals surface area contributed by atoms with Crippen molar-refractivity contribution < 1.29 is 63.3 Å². The van der Waals surface area contributed by atoms with Crippen LogP contribution in [0.5, 0.6) is 23.0 Å². The molecule has 2 aromatic carbocycles. The molecule has 54 heavy (non-hydrogen) atoms. The largest absolute Gasteiger partial charge is 0.492 e. The van der Waals surface area contributed by atoms with E-state index < -0.39 is 23.9 Å². The lowest BCUT2D eigenvalue weighted by molar-refractivity contribution is -0.134. The number of rotatable bonds is 12. The average molecular weight is 774 g/mol. The Kier molecular flexibility index (Phi) is 15.6.